The van der Waals surface area contributed by atoms with Gasteiger partial charge in [-0.05, 0) is 11.5 Å². The first-order valence-corrected chi connectivity index (χ1v) is 6.25. The third-order valence-corrected chi connectivity index (χ3v) is 3.14. The minimum absolute atomic E-state index is 0.499. The molecule has 0 N–H and O–H groups in total. The number of halogens is 1. The van der Waals surface area contributed by atoms with Gasteiger partial charge in [0.15, 0.2) is 0 Å². The van der Waals surface area contributed by atoms with Gasteiger partial charge < -0.3 is 0 Å². The summed E-state index contributed by atoms with van der Waals surface area (Å²) in [4.78, 5) is 8.77. The number of nitrogens with zero attached hydrogens (tertiary/aromatic N) is 3. The van der Waals surface area contributed by atoms with Crippen LogP contribution in [0.3, 0.4) is 0 Å². The van der Waals surface area contributed by atoms with Crippen LogP contribution in [0.15, 0.2) is 42.7 Å². The van der Waals surface area contributed by atoms with Crippen molar-refractivity contribution in [3.8, 4) is 5.82 Å². The zero-order chi connectivity index (χ0) is 12.5. The molecule has 1 aromatic carbocycles. The molecule has 0 fully saturated rings. The number of hydrogen-bond acceptors (Lipinski definition) is 2. The van der Waals surface area contributed by atoms with Crippen LogP contribution in [0.5, 0.6) is 0 Å². The molecule has 0 radical (unpaired) electrons. The second kappa shape index (κ2) is 4.42. The lowest BCUT2D eigenvalue weighted by Crippen LogP contribution is -2.02. The molecule has 2 heterocycles. The highest BCUT2D eigenvalue weighted by Gasteiger charge is 2.09. The number of fused-ring (bicyclic) bond motifs is 1. The van der Waals surface area contributed by atoms with Gasteiger partial charge in [0.05, 0.1) is 0 Å². The average molecular weight is 258 g/mol. The van der Waals surface area contributed by atoms with E-state index in [4.69, 9.17) is 11.6 Å². The molecule has 0 aliphatic carbocycles. The van der Waals surface area contributed by atoms with Crippen LogP contribution in [-0.2, 0) is 6.42 Å². The lowest BCUT2D eigenvalue weighted by Gasteiger charge is -2.09. The molecule has 18 heavy (non-hydrogen) atoms. The van der Waals surface area contributed by atoms with Crippen LogP contribution < -0.4 is 0 Å². The van der Waals surface area contributed by atoms with Crippen LogP contribution in [0.25, 0.3) is 16.6 Å². The quantitative estimate of drug-likeness (QED) is 0.657. The first-order chi connectivity index (χ1) is 8.79. The molecule has 90 valence electrons. The number of hydrogen-bond donors (Lipinski definition) is 0. The molecule has 0 unspecified atom stereocenters. The van der Waals surface area contributed by atoms with Gasteiger partial charge in [-0.25, -0.2) is 9.97 Å². The van der Waals surface area contributed by atoms with E-state index in [1.54, 1.807) is 6.20 Å². The van der Waals surface area contributed by atoms with Gasteiger partial charge in [-0.2, -0.15) is 0 Å². The predicted molar refractivity (Wildman–Crippen MR) is 73.3 cm³/mol. The summed E-state index contributed by atoms with van der Waals surface area (Å²) in [5.74, 6) is 1.82. The van der Waals surface area contributed by atoms with Gasteiger partial charge in [0.2, 0.25) is 0 Å². The van der Waals surface area contributed by atoms with Crippen LogP contribution in [-0.4, -0.2) is 14.5 Å². The molecule has 3 nitrogen and oxygen atoms in total. The summed E-state index contributed by atoms with van der Waals surface area (Å²) in [7, 11) is 0. The molecule has 0 saturated heterocycles. The van der Waals surface area contributed by atoms with Gasteiger partial charge in [0.25, 0.3) is 0 Å². The minimum Gasteiger partial charge on any atom is -0.287 e. The van der Waals surface area contributed by atoms with Crippen molar-refractivity contribution < 1.29 is 0 Å². The first kappa shape index (κ1) is 11.2. The maximum absolute atomic E-state index is 6.09. The third kappa shape index (κ3) is 1.77. The molecular formula is C14H12ClN3. The summed E-state index contributed by atoms with van der Waals surface area (Å²) in [6.07, 6.45) is 4.57. The highest BCUT2D eigenvalue weighted by Crippen LogP contribution is 2.24. The molecule has 3 aromatic rings. The van der Waals surface area contributed by atoms with Gasteiger partial charge in [-0.3, -0.25) is 4.57 Å². The van der Waals surface area contributed by atoms with E-state index in [-0.39, 0.29) is 0 Å². The van der Waals surface area contributed by atoms with Crippen molar-refractivity contribution in [1.29, 1.82) is 0 Å². The van der Waals surface area contributed by atoms with E-state index >= 15 is 0 Å². The molecule has 0 saturated carbocycles. The van der Waals surface area contributed by atoms with Gasteiger partial charge in [-0.1, -0.05) is 42.8 Å². The maximum Gasteiger partial charge on any atom is 0.147 e. The zero-order valence-electron chi connectivity index (χ0n) is 9.97. The number of benzene rings is 1. The van der Waals surface area contributed by atoms with E-state index in [1.807, 2.05) is 41.1 Å². The van der Waals surface area contributed by atoms with Crippen molar-refractivity contribution in [3.63, 3.8) is 0 Å². The summed E-state index contributed by atoms with van der Waals surface area (Å²) in [5.41, 5.74) is 0. The second-order valence-electron chi connectivity index (χ2n) is 4.06. The summed E-state index contributed by atoms with van der Waals surface area (Å²) in [6, 6.07) is 9.96. The highest BCUT2D eigenvalue weighted by atomic mass is 35.5. The molecule has 0 aliphatic heterocycles. The summed E-state index contributed by atoms with van der Waals surface area (Å²) in [6.45, 7) is 2.07. The second-order valence-corrected chi connectivity index (χ2v) is 4.44. The van der Waals surface area contributed by atoms with Crippen LogP contribution >= 0.6 is 11.6 Å². The Bertz CT molecular complexity index is 703. The van der Waals surface area contributed by atoms with Gasteiger partial charge in [0, 0.05) is 24.2 Å². The Hall–Kier alpha value is -1.87. The Labute approximate surface area is 110 Å². The Morgan fingerprint density at radius 2 is 2.11 bits per heavy atom. The fraction of sp³-hybridized carbons (Fsp3) is 0.143. The van der Waals surface area contributed by atoms with Gasteiger partial charge in [-0.15, -0.1) is 0 Å². The summed E-state index contributed by atoms with van der Waals surface area (Å²) >= 11 is 6.09. The number of rotatable bonds is 2. The molecule has 0 amide bonds. The molecule has 4 heteroatoms. The van der Waals surface area contributed by atoms with Crippen molar-refractivity contribution in [1.82, 2.24) is 14.5 Å². The Kier molecular flexibility index (Phi) is 2.76. The number of aromatic nitrogens is 3. The first-order valence-electron chi connectivity index (χ1n) is 5.87. The molecule has 0 spiro atoms. The lowest BCUT2D eigenvalue weighted by molar-refractivity contribution is 0.874. The fourth-order valence-corrected chi connectivity index (χ4v) is 2.32. The number of pyridine rings is 1. The van der Waals surface area contributed by atoms with Crippen LogP contribution in [0.4, 0.5) is 0 Å². The highest BCUT2D eigenvalue weighted by molar-refractivity contribution is 6.30. The predicted octanol–water partition coefficient (Wildman–Crippen LogP) is 3.64. The van der Waals surface area contributed by atoms with E-state index < -0.39 is 0 Å². The molecule has 3 rings (SSSR count). The molecular weight excluding hydrogens is 246 g/mol. The zero-order valence-corrected chi connectivity index (χ0v) is 10.7. The molecule has 0 atom stereocenters. The van der Waals surface area contributed by atoms with Gasteiger partial charge in [0.1, 0.15) is 16.8 Å². The van der Waals surface area contributed by atoms with E-state index in [0.29, 0.717) is 5.15 Å². The van der Waals surface area contributed by atoms with Crippen LogP contribution in [0, 0.1) is 0 Å². The molecule has 2 aromatic heterocycles. The van der Waals surface area contributed by atoms with Crippen molar-refractivity contribution in [2.24, 2.45) is 0 Å². The Balaban J connectivity index is 2.34. The lowest BCUT2D eigenvalue weighted by atomic mass is 10.1. The summed E-state index contributed by atoms with van der Waals surface area (Å²) in [5, 5.41) is 2.66. The standard InChI is InChI=1S/C14H12ClN3/c1-2-13-16-7-8-18(13)14-11-6-4-3-5-10(11)9-12(15)17-14/h3-9H,2H2,1H3. The fourth-order valence-electron chi connectivity index (χ4n) is 2.12. The van der Waals surface area contributed by atoms with Crippen molar-refractivity contribution in [3.05, 3.63) is 53.7 Å². The largest absolute Gasteiger partial charge is 0.287 e. The number of imidazole rings is 1. The smallest absolute Gasteiger partial charge is 0.147 e. The van der Waals surface area contributed by atoms with Crippen molar-refractivity contribution >= 4 is 22.4 Å². The molecule has 0 bridgehead atoms. The summed E-state index contributed by atoms with van der Waals surface area (Å²) < 4.78 is 1.99. The van der Waals surface area contributed by atoms with Crippen molar-refractivity contribution in [2.75, 3.05) is 0 Å². The SMILES string of the molecule is CCc1nccn1-c1nc(Cl)cc2ccccc12. The van der Waals surface area contributed by atoms with E-state index in [0.717, 1.165) is 28.8 Å². The maximum atomic E-state index is 6.09. The third-order valence-electron chi connectivity index (χ3n) is 2.95. The monoisotopic (exact) mass is 257 g/mol. The van der Waals surface area contributed by atoms with Crippen LogP contribution in [0.1, 0.15) is 12.7 Å². The number of aryl methyl sites for hydroxylation is 1. The normalized spacial score (nSPS) is 11.0. The Morgan fingerprint density at radius 3 is 2.94 bits per heavy atom. The van der Waals surface area contributed by atoms with Crippen LogP contribution in [0.2, 0.25) is 5.15 Å². The molecule has 0 aliphatic rings. The minimum atomic E-state index is 0.499. The van der Waals surface area contributed by atoms with Crippen molar-refractivity contribution in [2.45, 2.75) is 13.3 Å². The Morgan fingerprint density at radius 1 is 1.28 bits per heavy atom. The van der Waals surface area contributed by atoms with E-state index in [1.165, 1.54) is 0 Å². The average Bonchev–Trinajstić information content (AvgIpc) is 2.85. The van der Waals surface area contributed by atoms with E-state index in [9.17, 15) is 0 Å². The van der Waals surface area contributed by atoms with E-state index in [2.05, 4.69) is 16.9 Å². The topological polar surface area (TPSA) is 30.7 Å². The van der Waals surface area contributed by atoms with Gasteiger partial charge >= 0.3 is 0 Å².